The molecule has 0 aromatic heterocycles. The molecular weight excluding hydrogens is 372 g/mol. The number of nitrogens with one attached hydrogen (secondary N) is 1. The third-order valence-electron chi connectivity index (χ3n) is 5.23. The average molecular weight is 403 g/mol. The zero-order valence-corrected chi connectivity index (χ0v) is 17.6. The summed E-state index contributed by atoms with van der Waals surface area (Å²) in [7, 11) is 0. The fourth-order valence-electron chi connectivity index (χ4n) is 3.57. The molecule has 4 nitrogen and oxygen atoms in total. The summed E-state index contributed by atoms with van der Waals surface area (Å²) in [5, 5.41) is 3.41. The minimum Gasteiger partial charge on any atom is -0.481 e. The molecule has 28 heavy (non-hydrogen) atoms. The molecular formula is C23H31ClN2O2. The Kier molecular flexibility index (Phi) is 8.81. The van der Waals surface area contributed by atoms with Crippen LogP contribution in [0.5, 0.6) is 5.75 Å². The van der Waals surface area contributed by atoms with E-state index in [-0.39, 0.29) is 18.3 Å². The van der Waals surface area contributed by atoms with Crippen LogP contribution in [0.25, 0.3) is 11.1 Å². The minimum absolute atomic E-state index is 0. The highest BCUT2D eigenvalue weighted by Crippen LogP contribution is 2.23. The summed E-state index contributed by atoms with van der Waals surface area (Å²) < 4.78 is 5.91. The maximum atomic E-state index is 12.7. The van der Waals surface area contributed by atoms with Gasteiger partial charge in [0.2, 0.25) is 0 Å². The van der Waals surface area contributed by atoms with E-state index in [0.717, 1.165) is 50.3 Å². The normalized spacial score (nSPS) is 15.6. The van der Waals surface area contributed by atoms with Gasteiger partial charge in [0, 0.05) is 13.1 Å². The molecule has 0 aliphatic carbocycles. The topological polar surface area (TPSA) is 41.6 Å². The summed E-state index contributed by atoms with van der Waals surface area (Å²) in [4.78, 5) is 14.6. The highest BCUT2D eigenvalue weighted by molar-refractivity contribution is 5.85. The fraction of sp³-hybridized carbons (Fsp3) is 0.435. The van der Waals surface area contributed by atoms with Crippen molar-refractivity contribution in [3.05, 3.63) is 54.6 Å². The number of carbonyl (C=O) groups excluding carboxylic acids is 1. The number of ether oxygens (including phenoxy) is 1. The van der Waals surface area contributed by atoms with Crippen molar-refractivity contribution in [2.24, 2.45) is 5.92 Å². The van der Waals surface area contributed by atoms with E-state index < -0.39 is 6.10 Å². The van der Waals surface area contributed by atoms with Crippen molar-refractivity contribution in [3.63, 3.8) is 0 Å². The highest BCUT2D eigenvalue weighted by Gasteiger charge is 2.26. The van der Waals surface area contributed by atoms with Gasteiger partial charge in [-0.1, -0.05) is 49.4 Å². The third-order valence-corrected chi connectivity index (χ3v) is 5.23. The molecule has 5 heteroatoms. The molecule has 152 valence electrons. The molecule has 1 fully saturated rings. The van der Waals surface area contributed by atoms with Crippen LogP contribution in [0.2, 0.25) is 0 Å². The highest BCUT2D eigenvalue weighted by atomic mass is 35.5. The van der Waals surface area contributed by atoms with Crippen LogP contribution in [0.4, 0.5) is 0 Å². The van der Waals surface area contributed by atoms with Crippen molar-refractivity contribution in [1.82, 2.24) is 10.2 Å². The summed E-state index contributed by atoms with van der Waals surface area (Å²) in [5.74, 6) is 1.50. The predicted molar refractivity (Wildman–Crippen MR) is 117 cm³/mol. The molecule has 1 aliphatic rings. The molecule has 1 saturated heterocycles. The Morgan fingerprint density at radius 3 is 2.29 bits per heavy atom. The first-order valence-electron chi connectivity index (χ1n) is 9.99. The van der Waals surface area contributed by atoms with Crippen molar-refractivity contribution in [3.8, 4) is 16.9 Å². The van der Waals surface area contributed by atoms with Crippen molar-refractivity contribution in [1.29, 1.82) is 0 Å². The lowest BCUT2D eigenvalue weighted by atomic mass is 9.96. The van der Waals surface area contributed by atoms with Gasteiger partial charge in [0.1, 0.15) is 5.75 Å². The van der Waals surface area contributed by atoms with E-state index in [1.807, 2.05) is 54.3 Å². The summed E-state index contributed by atoms with van der Waals surface area (Å²) in [5.41, 5.74) is 2.32. The number of hydrogen-bond donors (Lipinski definition) is 1. The molecule has 0 radical (unpaired) electrons. The van der Waals surface area contributed by atoms with Gasteiger partial charge in [-0.3, -0.25) is 4.79 Å². The van der Waals surface area contributed by atoms with Crippen LogP contribution >= 0.6 is 12.4 Å². The van der Waals surface area contributed by atoms with Gasteiger partial charge in [0.25, 0.3) is 5.91 Å². The van der Waals surface area contributed by atoms with Crippen LogP contribution in [-0.4, -0.2) is 43.1 Å². The molecule has 1 aliphatic heterocycles. The maximum Gasteiger partial charge on any atom is 0.263 e. The van der Waals surface area contributed by atoms with Crippen LogP contribution in [0, 0.1) is 5.92 Å². The molecule has 2 aromatic carbocycles. The first-order chi connectivity index (χ1) is 13.2. The molecule has 1 unspecified atom stereocenters. The Hall–Kier alpha value is -2.04. The monoisotopic (exact) mass is 402 g/mol. The lowest BCUT2D eigenvalue weighted by Gasteiger charge is -2.33. The van der Waals surface area contributed by atoms with E-state index >= 15 is 0 Å². The van der Waals surface area contributed by atoms with E-state index in [0.29, 0.717) is 5.92 Å². The van der Waals surface area contributed by atoms with Gasteiger partial charge in [-0.15, -0.1) is 12.4 Å². The second-order valence-corrected chi connectivity index (χ2v) is 7.23. The number of nitrogens with zero attached hydrogens (tertiary/aromatic N) is 1. The molecule has 0 bridgehead atoms. The van der Waals surface area contributed by atoms with Gasteiger partial charge in [-0.2, -0.15) is 0 Å². The van der Waals surface area contributed by atoms with E-state index in [1.54, 1.807) is 0 Å². The van der Waals surface area contributed by atoms with Gasteiger partial charge in [-0.25, -0.2) is 0 Å². The Morgan fingerprint density at radius 2 is 1.68 bits per heavy atom. The average Bonchev–Trinajstić information content (AvgIpc) is 2.73. The molecule has 2 aromatic rings. The van der Waals surface area contributed by atoms with Crippen molar-refractivity contribution < 1.29 is 9.53 Å². The Labute approximate surface area is 174 Å². The van der Waals surface area contributed by atoms with E-state index in [2.05, 4.69) is 24.4 Å². The van der Waals surface area contributed by atoms with Gasteiger partial charge in [0.05, 0.1) is 0 Å². The van der Waals surface area contributed by atoms with Gasteiger partial charge in [-0.05, 0) is 62.0 Å². The number of piperidine rings is 1. The molecule has 1 N–H and O–H groups in total. The second kappa shape index (κ2) is 11.1. The van der Waals surface area contributed by atoms with Gasteiger partial charge in [0.15, 0.2) is 6.10 Å². The Morgan fingerprint density at radius 1 is 1.07 bits per heavy atom. The quantitative estimate of drug-likeness (QED) is 0.746. The Balaban J connectivity index is 0.00000280. The number of rotatable bonds is 7. The SMILES string of the molecule is CCNCC1CCN(C(=O)C(C)Oc2ccc(-c3ccccc3)cc2)CC1.Cl. The van der Waals surface area contributed by atoms with Crippen LogP contribution in [0.1, 0.15) is 26.7 Å². The standard InChI is InChI=1S/C23H30N2O2.ClH/c1-3-24-17-19-13-15-25(16-14-19)23(26)18(2)27-22-11-9-21(10-12-22)20-7-5-4-6-8-20;/h4-12,18-19,24H,3,13-17H2,1-2H3;1H. The van der Waals surface area contributed by atoms with Crippen LogP contribution in [-0.2, 0) is 4.79 Å². The number of benzene rings is 2. The first kappa shape index (κ1) is 22.3. The summed E-state index contributed by atoms with van der Waals surface area (Å²) in [6.07, 6.45) is 1.67. The lowest BCUT2D eigenvalue weighted by Crippen LogP contribution is -2.45. The largest absolute Gasteiger partial charge is 0.481 e. The zero-order valence-electron chi connectivity index (χ0n) is 16.8. The summed E-state index contributed by atoms with van der Waals surface area (Å²) in [6.45, 7) is 7.69. The second-order valence-electron chi connectivity index (χ2n) is 7.23. The lowest BCUT2D eigenvalue weighted by molar-refractivity contribution is -0.139. The predicted octanol–water partition coefficient (Wildman–Crippen LogP) is 4.39. The summed E-state index contributed by atoms with van der Waals surface area (Å²) in [6, 6.07) is 18.2. The first-order valence-corrected chi connectivity index (χ1v) is 9.99. The number of amides is 1. The number of halogens is 1. The number of carbonyl (C=O) groups is 1. The van der Waals surface area contributed by atoms with Crippen LogP contribution < -0.4 is 10.1 Å². The fourth-order valence-corrected chi connectivity index (χ4v) is 3.57. The van der Waals surface area contributed by atoms with Gasteiger partial charge >= 0.3 is 0 Å². The minimum atomic E-state index is -0.460. The van der Waals surface area contributed by atoms with Crippen molar-refractivity contribution in [2.45, 2.75) is 32.8 Å². The molecule has 1 heterocycles. The van der Waals surface area contributed by atoms with Gasteiger partial charge < -0.3 is 15.0 Å². The third kappa shape index (κ3) is 5.98. The molecule has 1 atom stereocenters. The van der Waals surface area contributed by atoms with E-state index in [4.69, 9.17) is 4.74 Å². The van der Waals surface area contributed by atoms with Crippen molar-refractivity contribution in [2.75, 3.05) is 26.2 Å². The molecule has 0 spiro atoms. The van der Waals surface area contributed by atoms with Crippen molar-refractivity contribution >= 4 is 18.3 Å². The van der Waals surface area contributed by atoms with E-state index in [9.17, 15) is 4.79 Å². The van der Waals surface area contributed by atoms with Crippen LogP contribution in [0.3, 0.4) is 0 Å². The Bertz CT molecular complexity index is 713. The molecule has 1 amide bonds. The van der Waals surface area contributed by atoms with E-state index in [1.165, 1.54) is 5.56 Å². The molecule has 3 rings (SSSR count). The smallest absolute Gasteiger partial charge is 0.263 e. The van der Waals surface area contributed by atoms with Crippen LogP contribution in [0.15, 0.2) is 54.6 Å². The summed E-state index contributed by atoms with van der Waals surface area (Å²) >= 11 is 0. The maximum absolute atomic E-state index is 12.7. The number of hydrogen-bond acceptors (Lipinski definition) is 3. The number of likely N-dealkylation sites (tertiary alicyclic amines) is 1. The zero-order chi connectivity index (χ0) is 19.1. The molecule has 0 saturated carbocycles.